The zero-order valence-electron chi connectivity index (χ0n) is 18.5. The molecule has 0 aliphatic rings. The van der Waals surface area contributed by atoms with E-state index < -0.39 is 11.9 Å². The van der Waals surface area contributed by atoms with Crippen LogP contribution in [0.25, 0.3) is 17.4 Å². The highest BCUT2D eigenvalue weighted by Gasteiger charge is 2.08. The van der Waals surface area contributed by atoms with E-state index in [0.717, 1.165) is 11.1 Å². The average Bonchev–Trinajstić information content (AvgIpc) is 3.27. The molecule has 3 rings (SSSR count). The smallest absolute Gasteiger partial charge is 0.338 e. The molecule has 3 aromatic rings. The Hall–Kier alpha value is -4.32. The largest absolute Gasteiger partial charge is 0.493 e. The second-order valence-corrected chi connectivity index (χ2v) is 7.31. The molecule has 0 fully saturated rings. The van der Waals surface area contributed by atoms with Crippen LogP contribution in [0.2, 0.25) is 0 Å². The van der Waals surface area contributed by atoms with E-state index >= 15 is 0 Å². The monoisotopic (exact) mass is 444 g/mol. The quantitative estimate of drug-likeness (QED) is 0.172. The van der Waals surface area contributed by atoms with Gasteiger partial charge in [0.2, 0.25) is 0 Å². The number of furan rings is 1. The summed E-state index contributed by atoms with van der Waals surface area (Å²) in [4.78, 5) is 23.1. The van der Waals surface area contributed by atoms with Crippen LogP contribution in [0.4, 0.5) is 0 Å². The maximum Gasteiger partial charge on any atom is 0.338 e. The molecular weight excluding hydrogens is 420 g/mol. The Labute approximate surface area is 192 Å². The Balaban J connectivity index is 1.50. The Morgan fingerprint density at radius 3 is 1.91 bits per heavy atom. The van der Waals surface area contributed by atoms with Gasteiger partial charge in [-0.3, -0.25) is 0 Å². The number of hydrogen-bond donors (Lipinski definition) is 0. The fourth-order valence-electron chi connectivity index (χ4n) is 2.59. The molecule has 1 heterocycles. The van der Waals surface area contributed by atoms with E-state index in [1.807, 2.05) is 36.4 Å². The molecule has 1 aromatic heterocycles. The van der Waals surface area contributed by atoms with Gasteiger partial charge in [-0.15, -0.1) is 0 Å². The molecule has 6 heteroatoms. The lowest BCUT2D eigenvalue weighted by atomic mass is 10.2. The van der Waals surface area contributed by atoms with Gasteiger partial charge in [0.25, 0.3) is 0 Å². The van der Waals surface area contributed by atoms with Gasteiger partial charge in [0, 0.05) is 16.7 Å². The van der Waals surface area contributed by atoms with E-state index in [0.29, 0.717) is 34.2 Å². The Bertz CT molecular complexity index is 1180. The number of esters is 2. The zero-order valence-corrected chi connectivity index (χ0v) is 18.5. The maximum absolute atomic E-state index is 11.6. The summed E-state index contributed by atoms with van der Waals surface area (Å²) in [6, 6.07) is 17.7. The van der Waals surface area contributed by atoms with Crippen molar-refractivity contribution in [3.8, 4) is 22.8 Å². The van der Waals surface area contributed by atoms with Crippen LogP contribution in [0.15, 0.2) is 95.6 Å². The van der Waals surface area contributed by atoms with E-state index in [-0.39, 0.29) is 6.61 Å². The highest BCUT2D eigenvalue weighted by molar-refractivity contribution is 5.89. The lowest BCUT2D eigenvalue weighted by molar-refractivity contribution is -0.130. The fraction of sp³-hybridized carbons (Fsp3) is 0.111. The first-order valence-corrected chi connectivity index (χ1v) is 10.1. The first-order chi connectivity index (χ1) is 15.8. The summed E-state index contributed by atoms with van der Waals surface area (Å²) in [7, 11) is 0. The Kier molecular flexibility index (Phi) is 7.65. The summed E-state index contributed by atoms with van der Waals surface area (Å²) in [6.45, 7) is 10.6. The third kappa shape index (κ3) is 6.83. The molecule has 0 unspecified atom stereocenters. The van der Waals surface area contributed by atoms with Gasteiger partial charge in [0.05, 0.1) is 6.26 Å². The number of hydrogen-bond acceptors (Lipinski definition) is 6. The number of benzene rings is 2. The van der Waals surface area contributed by atoms with Crippen molar-refractivity contribution in [3.63, 3.8) is 0 Å². The number of ether oxygens (including phenoxy) is 3. The van der Waals surface area contributed by atoms with Gasteiger partial charge in [-0.2, -0.15) is 0 Å². The minimum absolute atomic E-state index is 0.263. The van der Waals surface area contributed by atoms with Gasteiger partial charge in [-0.1, -0.05) is 25.3 Å². The molecule has 0 aliphatic carbocycles. The van der Waals surface area contributed by atoms with Gasteiger partial charge < -0.3 is 18.6 Å². The lowest BCUT2D eigenvalue weighted by Gasteiger charge is -2.04. The fourth-order valence-corrected chi connectivity index (χ4v) is 2.59. The van der Waals surface area contributed by atoms with Crippen molar-refractivity contribution in [2.45, 2.75) is 20.5 Å². The van der Waals surface area contributed by atoms with E-state index in [1.54, 1.807) is 50.5 Å². The molecule has 0 atom stereocenters. The Morgan fingerprint density at radius 1 is 0.818 bits per heavy atom. The molecule has 0 N–H and O–H groups in total. The second-order valence-electron chi connectivity index (χ2n) is 7.31. The predicted molar refractivity (Wildman–Crippen MR) is 125 cm³/mol. The minimum atomic E-state index is -0.463. The van der Waals surface area contributed by atoms with Gasteiger partial charge in [-0.05, 0) is 74.0 Å². The normalized spacial score (nSPS) is 10.6. The molecular formula is C27H24O6. The van der Waals surface area contributed by atoms with Crippen molar-refractivity contribution in [2.75, 3.05) is 0 Å². The number of carbonyl (C=O) groups excluding carboxylic acids is 2. The molecule has 0 saturated heterocycles. The first-order valence-electron chi connectivity index (χ1n) is 10.1. The van der Waals surface area contributed by atoms with E-state index in [9.17, 15) is 9.59 Å². The highest BCUT2D eigenvalue weighted by Crippen LogP contribution is 2.25. The summed E-state index contributed by atoms with van der Waals surface area (Å²) < 4.78 is 21.7. The van der Waals surface area contributed by atoms with Crippen molar-refractivity contribution in [1.82, 2.24) is 0 Å². The van der Waals surface area contributed by atoms with Gasteiger partial charge >= 0.3 is 11.9 Å². The summed E-state index contributed by atoms with van der Waals surface area (Å²) in [5.41, 5.74) is 2.41. The van der Waals surface area contributed by atoms with Crippen LogP contribution in [0.5, 0.6) is 11.5 Å². The van der Waals surface area contributed by atoms with Crippen LogP contribution in [0.1, 0.15) is 25.2 Å². The van der Waals surface area contributed by atoms with Crippen molar-refractivity contribution in [1.29, 1.82) is 0 Å². The van der Waals surface area contributed by atoms with Gasteiger partial charge in [-0.25, -0.2) is 9.59 Å². The van der Waals surface area contributed by atoms with Crippen LogP contribution < -0.4 is 9.47 Å². The third-order valence-electron chi connectivity index (χ3n) is 4.38. The second kappa shape index (κ2) is 10.8. The SMILES string of the molecule is C=C(C)C(=O)Oc1ccc(C=COCc2ccc(-c3ccc(OC(=O)C(=C)C)cc3)o2)cc1. The standard InChI is InChI=1S/C27H24O6/c1-18(2)26(28)32-22-9-5-20(6-10-22)15-16-30-17-24-13-14-25(31-24)21-7-11-23(12-8-21)33-27(29)19(3)4/h5-16H,1,3,17H2,2,4H3. The molecule has 0 saturated carbocycles. The van der Waals surface area contributed by atoms with Crippen molar-refractivity contribution < 1.29 is 28.2 Å². The van der Waals surface area contributed by atoms with Crippen LogP contribution in [0, 0.1) is 0 Å². The summed E-state index contributed by atoms with van der Waals surface area (Å²) in [5, 5.41) is 0. The Morgan fingerprint density at radius 2 is 1.36 bits per heavy atom. The third-order valence-corrected chi connectivity index (χ3v) is 4.38. The average molecular weight is 444 g/mol. The lowest BCUT2D eigenvalue weighted by Crippen LogP contribution is -2.07. The van der Waals surface area contributed by atoms with Crippen LogP contribution in [-0.2, 0) is 20.9 Å². The van der Waals surface area contributed by atoms with Crippen LogP contribution in [-0.4, -0.2) is 11.9 Å². The number of carbonyl (C=O) groups is 2. The minimum Gasteiger partial charge on any atom is -0.493 e. The van der Waals surface area contributed by atoms with E-state index in [4.69, 9.17) is 18.6 Å². The summed E-state index contributed by atoms with van der Waals surface area (Å²) >= 11 is 0. The predicted octanol–water partition coefficient (Wildman–Crippen LogP) is 6.10. The zero-order chi connectivity index (χ0) is 23.8. The summed E-state index contributed by atoms with van der Waals surface area (Å²) in [5.74, 6) is 1.31. The summed E-state index contributed by atoms with van der Waals surface area (Å²) in [6.07, 6.45) is 3.36. The maximum atomic E-state index is 11.6. The van der Waals surface area contributed by atoms with E-state index in [1.165, 1.54) is 0 Å². The van der Waals surface area contributed by atoms with Crippen molar-refractivity contribution in [3.05, 3.63) is 103 Å². The topological polar surface area (TPSA) is 75.0 Å². The first kappa shape index (κ1) is 23.3. The van der Waals surface area contributed by atoms with Crippen LogP contribution in [0.3, 0.4) is 0 Å². The van der Waals surface area contributed by atoms with E-state index in [2.05, 4.69) is 13.2 Å². The van der Waals surface area contributed by atoms with Gasteiger partial charge in [0.15, 0.2) is 0 Å². The molecule has 0 spiro atoms. The molecule has 168 valence electrons. The van der Waals surface area contributed by atoms with Gasteiger partial charge in [0.1, 0.15) is 29.6 Å². The molecule has 2 aromatic carbocycles. The number of rotatable bonds is 9. The molecule has 0 amide bonds. The molecule has 0 radical (unpaired) electrons. The van der Waals surface area contributed by atoms with Crippen molar-refractivity contribution >= 4 is 18.0 Å². The van der Waals surface area contributed by atoms with Crippen molar-refractivity contribution in [2.24, 2.45) is 0 Å². The molecule has 33 heavy (non-hydrogen) atoms. The molecule has 6 nitrogen and oxygen atoms in total. The molecule has 0 bridgehead atoms. The van der Waals surface area contributed by atoms with Crippen LogP contribution >= 0.6 is 0 Å². The molecule has 0 aliphatic heterocycles. The highest BCUT2D eigenvalue weighted by atomic mass is 16.5.